The van der Waals surface area contributed by atoms with E-state index in [-0.39, 0.29) is 0 Å². The van der Waals surface area contributed by atoms with Crippen LogP contribution >= 0.6 is 0 Å². The molecule has 0 saturated heterocycles. The average molecular weight is 303 g/mol. The minimum absolute atomic E-state index is 0.571. The number of anilines is 1. The molecular formula is C14H16F3NO3. The second-order valence-corrected chi connectivity index (χ2v) is 5.10. The zero-order valence-electron chi connectivity index (χ0n) is 11.4. The fourth-order valence-corrected chi connectivity index (χ4v) is 1.96. The monoisotopic (exact) mass is 303 g/mol. The number of carbonyl (C=O) groups excluding carboxylic acids is 1. The van der Waals surface area contributed by atoms with Crippen LogP contribution in [0.15, 0.2) is 24.3 Å². The summed E-state index contributed by atoms with van der Waals surface area (Å²) in [6, 6.07) is 4.94. The van der Waals surface area contributed by atoms with Gasteiger partial charge in [-0.2, -0.15) is 13.2 Å². The van der Waals surface area contributed by atoms with Gasteiger partial charge in [0.15, 0.2) is 0 Å². The van der Waals surface area contributed by atoms with Crippen LogP contribution < -0.4 is 5.32 Å². The maximum atomic E-state index is 13.0. The highest BCUT2D eigenvalue weighted by Crippen LogP contribution is 2.40. The average Bonchev–Trinajstić information content (AvgIpc) is 3.27. The molecule has 4 nitrogen and oxygen atoms in total. The molecule has 0 aliphatic heterocycles. The minimum atomic E-state index is -5.16. The molecule has 7 heteroatoms. The molecule has 116 valence electrons. The fraction of sp³-hybridized carbons (Fsp3) is 0.500. The van der Waals surface area contributed by atoms with E-state index in [2.05, 4.69) is 10.1 Å². The summed E-state index contributed by atoms with van der Waals surface area (Å²) >= 11 is 0. The SMILES string of the molecule is COC(=O)[C@](O)(c1ccc(NCC2CC2)cc1)C(F)(F)F. The Hall–Kier alpha value is -1.76. The van der Waals surface area contributed by atoms with Gasteiger partial charge in [-0.05, 0) is 30.9 Å². The van der Waals surface area contributed by atoms with Gasteiger partial charge < -0.3 is 15.2 Å². The normalized spacial score (nSPS) is 18.0. The molecule has 1 fully saturated rings. The second-order valence-electron chi connectivity index (χ2n) is 5.10. The lowest BCUT2D eigenvalue weighted by molar-refractivity contribution is -0.266. The first-order valence-electron chi connectivity index (χ1n) is 6.51. The Morgan fingerprint density at radius 2 is 1.90 bits per heavy atom. The number of hydrogen-bond acceptors (Lipinski definition) is 4. The van der Waals surface area contributed by atoms with Crippen LogP contribution in [-0.2, 0) is 15.1 Å². The van der Waals surface area contributed by atoms with Crippen molar-refractivity contribution in [1.29, 1.82) is 0 Å². The predicted molar refractivity (Wildman–Crippen MR) is 69.6 cm³/mol. The van der Waals surface area contributed by atoms with Crippen molar-refractivity contribution in [3.05, 3.63) is 29.8 Å². The predicted octanol–water partition coefficient (Wildman–Crippen LogP) is 2.43. The molecule has 2 N–H and O–H groups in total. The van der Waals surface area contributed by atoms with E-state index >= 15 is 0 Å². The van der Waals surface area contributed by atoms with Crippen LogP contribution in [-0.4, -0.2) is 30.9 Å². The van der Waals surface area contributed by atoms with Gasteiger partial charge in [0.2, 0.25) is 0 Å². The number of benzene rings is 1. The summed E-state index contributed by atoms with van der Waals surface area (Å²) in [7, 11) is 0.796. The zero-order chi connectivity index (χ0) is 15.7. The topological polar surface area (TPSA) is 58.6 Å². The van der Waals surface area contributed by atoms with Crippen molar-refractivity contribution < 1.29 is 27.8 Å². The Morgan fingerprint density at radius 1 is 1.33 bits per heavy atom. The van der Waals surface area contributed by atoms with Gasteiger partial charge in [0.25, 0.3) is 5.60 Å². The van der Waals surface area contributed by atoms with Crippen LogP contribution in [0.25, 0.3) is 0 Å². The van der Waals surface area contributed by atoms with Crippen molar-refractivity contribution in [2.45, 2.75) is 24.6 Å². The van der Waals surface area contributed by atoms with E-state index in [0.29, 0.717) is 11.6 Å². The summed E-state index contributed by atoms with van der Waals surface area (Å²) in [6.45, 7) is 0.764. The Balaban J connectivity index is 2.21. The first-order valence-corrected chi connectivity index (χ1v) is 6.51. The number of nitrogens with one attached hydrogen (secondary N) is 1. The van der Waals surface area contributed by atoms with E-state index in [1.165, 1.54) is 12.1 Å². The first kappa shape index (κ1) is 15.6. The van der Waals surface area contributed by atoms with Crippen molar-refractivity contribution >= 4 is 11.7 Å². The Bertz CT molecular complexity index is 511. The van der Waals surface area contributed by atoms with Crippen LogP contribution in [0.1, 0.15) is 18.4 Å². The summed E-state index contributed by atoms with van der Waals surface area (Å²) in [5.74, 6) is -1.14. The van der Waals surface area contributed by atoms with Gasteiger partial charge in [-0.25, -0.2) is 4.79 Å². The molecule has 1 aliphatic carbocycles. The first-order chi connectivity index (χ1) is 9.79. The van der Waals surface area contributed by atoms with E-state index in [1.807, 2.05) is 0 Å². The van der Waals surface area contributed by atoms with Gasteiger partial charge in [0.05, 0.1) is 7.11 Å². The molecule has 0 radical (unpaired) electrons. The van der Waals surface area contributed by atoms with Crippen LogP contribution in [0.3, 0.4) is 0 Å². The van der Waals surface area contributed by atoms with E-state index in [1.54, 1.807) is 0 Å². The van der Waals surface area contributed by atoms with Gasteiger partial charge >= 0.3 is 12.1 Å². The number of methoxy groups -OCH3 is 1. The summed E-state index contributed by atoms with van der Waals surface area (Å²) in [6.07, 6.45) is -2.86. The summed E-state index contributed by atoms with van der Waals surface area (Å²) < 4.78 is 43.2. The van der Waals surface area contributed by atoms with Crippen LogP contribution in [0.5, 0.6) is 0 Å². The summed E-state index contributed by atoms with van der Waals surface area (Å²) in [4.78, 5) is 11.4. The van der Waals surface area contributed by atoms with E-state index < -0.39 is 23.3 Å². The Labute approximate surface area is 119 Å². The molecule has 2 rings (SSSR count). The fourth-order valence-electron chi connectivity index (χ4n) is 1.96. The Morgan fingerprint density at radius 3 is 2.33 bits per heavy atom. The third-order valence-electron chi connectivity index (χ3n) is 3.49. The molecule has 0 heterocycles. The molecule has 1 aromatic rings. The number of esters is 1. The lowest BCUT2D eigenvalue weighted by Crippen LogP contribution is -2.49. The van der Waals surface area contributed by atoms with Crippen molar-refractivity contribution in [2.75, 3.05) is 19.0 Å². The highest BCUT2D eigenvalue weighted by molar-refractivity contribution is 5.82. The standard InChI is InChI=1S/C14H16F3NO3/c1-21-12(19)13(20,14(15,16)17)10-4-6-11(7-5-10)18-8-9-2-3-9/h4-7,9,18,20H,2-3,8H2,1H3/t13-/m1/s1. The largest absolute Gasteiger partial charge is 0.466 e. The molecule has 0 bridgehead atoms. The zero-order valence-corrected chi connectivity index (χ0v) is 11.4. The lowest BCUT2D eigenvalue weighted by Gasteiger charge is -2.28. The Kier molecular flexibility index (Phi) is 4.13. The highest BCUT2D eigenvalue weighted by Gasteiger charge is 2.62. The highest BCUT2D eigenvalue weighted by atomic mass is 19.4. The minimum Gasteiger partial charge on any atom is -0.466 e. The molecular weight excluding hydrogens is 287 g/mol. The second kappa shape index (κ2) is 5.55. The molecule has 0 unspecified atom stereocenters. The van der Waals surface area contributed by atoms with Crippen molar-refractivity contribution in [3.63, 3.8) is 0 Å². The molecule has 1 aromatic carbocycles. The molecule has 1 aliphatic rings. The van der Waals surface area contributed by atoms with Gasteiger partial charge in [0, 0.05) is 17.8 Å². The maximum absolute atomic E-state index is 13.0. The molecule has 0 spiro atoms. The summed E-state index contributed by atoms with van der Waals surface area (Å²) in [5, 5.41) is 12.9. The van der Waals surface area contributed by atoms with E-state index in [9.17, 15) is 23.1 Å². The summed E-state index contributed by atoms with van der Waals surface area (Å²) in [5.41, 5.74) is -3.59. The maximum Gasteiger partial charge on any atom is 0.432 e. The number of alkyl halides is 3. The quantitative estimate of drug-likeness (QED) is 0.820. The van der Waals surface area contributed by atoms with Crippen molar-refractivity contribution in [1.82, 2.24) is 0 Å². The number of hydrogen-bond donors (Lipinski definition) is 2. The van der Waals surface area contributed by atoms with Crippen molar-refractivity contribution in [3.8, 4) is 0 Å². The van der Waals surface area contributed by atoms with Crippen molar-refractivity contribution in [2.24, 2.45) is 5.92 Å². The molecule has 21 heavy (non-hydrogen) atoms. The van der Waals surface area contributed by atoms with Crippen LogP contribution in [0.4, 0.5) is 18.9 Å². The van der Waals surface area contributed by atoms with Gasteiger partial charge in [-0.3, -0.25) is 0 Å². The third-order valence-corrected chi connectivity index (χ3v) is 3.49. The number of aliphatic hydroxyl groups is 1. The van der Waals surface area contributed by atoms with Gasteiger partial charge in [-0.1, -0.05) is 12.1 Å². The van der Waals surface area contributed by atoms with E-state index in [4.69, 9.17) is 0 Å². The third kappa shape index (κ3) is 3.12. The molecule has 0 amide bonds. The smallest absolute Gasteiger partial charge is 0.432 e. The number of rotatable bonds is 5. The molecule has 1 saturated carbocycles. The van der Waals surface area contributed by atoms with Crippen LogP contribution in [0.2, 0.25) is 0 Å². The number of halogens is 3. The van der Waals surface area contributed by atoms with E-state index in [0.717, 1.165) is 38.6 Å². The van der Waals surface area contributed by atoms with Crippen LogP contribution in [0, 0.1) is 5.92 Å². The van der Waals surface area contributed by atoms with Gasteiger partial charge in [-0.15, -0.1) is 0 Å². The molecule has 1 atom stereocenters. The lowest BCUT2D eigenvalue weighted by atomic mass is 9.93. The number of carbonyl (C=O) groups is 1. The molecule has 0 aromatic heterocycles. The van der Waals surface area contributed by atoms with Gasteiger partial charge in [0.1, 0.15) is 0 Å². The number of ether oxygens (including phenoxy) is 1.